The second-order valence-corrected chi connectivity index (χ2v) is 3.66. The summed E-state index contributed by atoms with van der Waals surface area (Å²) in [6, 6.07) is 12.0. The molecule has 0 saturated carbocycles. The van der Waals surface area contributed by atoms with Crippen LogP contribution < -0.4 is 10.9 Å². The molecule has 96 valence electrons. The van der Waals surface area contributed by atoms with Crippen LogP contribution in [0.4, 0.5) is 0 Å². The summed E-state index contributed by atoms with van der Waals surface area (Å²) in [6.07, 6.45) is 4.28. The molecule has 0 aliphatic heterocycles. The van der Waals surface area contributed by atoms with Crippen LogP contribution >= 0.6 is 0 Å². The summed E-state index contributed by atoms with van der Waals surface area (Å²) < 4.78 is 5.02. The summed E-state index contributed by atoms with van der Waals surface area (Å²) >= 11 is 0. The van der Waals surface area contributed by atoms with Crippen LogP contribution in [0, 0.1) is 0 Å². The van der Waals surface area contributed by atoms with E-state index in [0.29, 0.717) is 11.3 Å². The van der Waals surface area contributed by atoms with Crippen molar-refractivity contribution in [2.45, 2.75) is 0 Å². The lowest BCUT2D eigenvalue weighted by Gasteiger charge is -2.04. The molecule has 0 radical (unpaired) electrons. The molecule has 0 unspecified atom stereocenters. The number of carbonyl (C=O) groups excluding carboxylic acids is 2. The van der Waals surface area contributed by atoms with Crippen LogP contribution in [-0.4, -0.2) is 11.8 Å². The maximum atomic E-state index is 11.6. The zero-order valence-electron chi connectivity index (χ0n) is 10.00. The second-order valence-electron chi connectivity index (χ2n) is 3.66. The normalized spacial score (nSPS) is 10.3. The Balaban J connectivity index is 1.82. The number of furan rings is 1. The first-order chi connectivity index (χ1) is 9.25. The van der Waals surface area contributed by atoms with Crippen molar-refractivity contribution >= 4 is 17.9 Å². The highest BCUT2D eigenvalue weighted by molar-refractivity contribution is 5.97. The molecule has 5 heteroatoms. The van der Waals surface area contributed by atoms with Gasteiger partial charge >= 0.3 is 0 Å². The van der Waals surface area contributed by atoms with E-state index in [4.69, 9.17) is 4.42 Å². The van der Waals surface area contributed by atoms with Gasteiger partial charge in [0.05, 0.1) is 6.26 Å². The summed E-state index contributed by atoms with van der Waals surface area (Å²) in [6.45, 7) is 0. The third kappa shape index (κ3) is 3.85. The first-order valence-corrected chi connectivity index (χ1v) is 5.62. The number of hydrogen-bond acceptors (Lipinski definition) is 3. The van der Waals surface area contributed by atoms with Gasteiger partial charge in [0.25, 0.3) is 11.8 Å². The van der Waals surface area contributed by atoms with Crippen molar-refractivity contribution in [2.75, 3.05) is 0 Å². The van der Waals surface area contributed by atoms with Crippen molar-refractivity contribution in [3.63, 3.8) is 0 Å². The van der Waals surface area contributed by atoms with Gasteiger partial charge in [0, 0.05) is 11.6 Å². The molecular weight excluding hydrogens is 244 g/mol. The molecule has 2 N–H and O–H groups in total. The average molecular weight is 256 g/mol. The van der Waals surface area contributed by atoms with Gasteiger partial charge in [0.1, 0.15) is 5.76 Å². The predicted molar refractivity (Wildman–Crippen MR) is 69.8 cm³/mol. The Bertz CT molecular complexity index is 574. The molecular formula is C14H12N2O3. The predicted octanol–water partition coefficient (Wildman–Crippen LogP) is 1.75. The molecule has 0 bridgehead atoms. The number of benzene rings is 1. The van der Waals surface area contributed by atoms with Crippen LogP contribution in [-0.2, 0) is 4.79 Å². The highest BCUT2D eigenvalue weighted by atomic mass is 16.3. The largest absolute Gasteiger partial charge is 0.465 e. The fraction of sp³-hybridized carbons (Fsp3) is 0. The number of nitrogens with one attached hydrogen (secondary N) is 2. The standard InChI is InChI=1S/C14H12N2O3/c17-13(9-8-12-7-4-10-19-12)15-16-14(18)11-5-2-1-3-6-11/h1-10H,(H,15,17)(H,16,18)/b9-8+. The number of rotatable bonds is 3. The third-order valence-electron chi connectivity index (χ3n) is 2.28. The van der Waals surface area contributed by atoms with E-state index >= 15 is 0 Å². The molecule has 0 spiro atoms. The van der Waals surface area contributed by atoms with Crippen molar-refractivity contribution in [3.8, 4) is 0 Å². The Morgan fingerprint density at radius 2 is 1.79 bits per heavy atom. The van der Waals surface area contributed by atoms with Crippen LogP contribution in [0.5, 0.6) is 0 Å². The molecule has 2 aromatic rings. The van der Waals surface area contributed by atoms with Gasteiger partial charge in [-0.05, 0) is 30.3 Å². The zero-order valence-corrected chi connectivity index (χ0v) is 10.00. The van der Waals surface area contributed by atoms with Crippen LogP contribution in [0.2, 0.25) is 0 Å². The maximum Gasteiger partial charge on any atom is 0.269 e. The van der Waals surface area contributed by atoms with E-state index in [1.165, 1.54) is 18.4 Å². The Morgan fingerprint density at radius 3 is 2.47 bits per heavy atom. The van der Waals surface area contributed by atoms with E-state index in [2.05, 4.69) is 10.9 Å². The smallest absolute Gasteiger partial charge is 0.269 e. The molecule has 1 aromatic carbocycles. The molecule has 0 aliphatic rings. The van der Waals surface area contributed by atoms with Gasteiger partial charge in [-0.3, -0.25) is 20.4 Å². The Labute approximate surface area is 109 Å². The van der Waals surface area contributed by atoms with Gasteiger partial charge in [-0.2, -0.15) is 0 Å². The fourth-order valence-electron chi connectivity index (χ4n) is 1.37. The third-order valence-corrected chi connectivity index (χ3v) is 2.28. The van der Waals surface area contributed by atoms with Gasteiger partial charge in [-0.15, -0.1) is 0 Å². The van der Waals surface area contributed by atoms with E-state index < -0.39 is 5.91 Å². The highest BCUT2D eigenvalue weighted by Gasteiger charge is 2.04. The summed E-state index contributed by atoms with van der Waals surface area (Å²) in [5.41, 5.74) is 5.06. The van der Waals surface area contributed by atoms with E-state index in [-0.39, 0.29) is 5.91 Å². The Morgan fingerprint density at radius 1 is 1.00 bits per heavy atom. The van der Waals surface area contributed by atoms with Crippen LogP contribution in [0.1, 0.15) is 16.1 Å². The summed E-state index contributed by atoms with van der Waals surface area (Å²) in [4.78, 5) is 23.0. The molecule has 0 saturated heterocycles. The number of hydrogen-bond donors (Lipinski definition) is 2. The van der Waals surface area contributed by atoms with E-state index in [0.717, 1.165) is 0 Å². The van der Waals surface area contributed by atoms with Crippen LogP contribution in [0.15, 0.2) is 59.2 Å². The van der Waals surface area contributed by atoms with E-state index in [9.17, 15) is 9.59 Å². The van der Waals surface area contributed by atoms with Crippen molar-refractivity contribution in [2.24, 2.45) is 0 Å². The van der Waals surface area contributed by atoms with Crippen molar-refractivity contribution < 1.29 is 14.0 Å². The molecule has 1 aromatic heterocycles. The lowest BCUT2D eigenvalue weighted by atomic mass is 10.2. The maximum absolute atomic E-state index is 11.6. The lowest BCUT2D eigenvalue weighted by Crippen LogP contribution is -2.40. The van der Waals surface area contributed by atoms with E-state index in [1.807, 2.05) is 6.07 Å². The first-order valence-electron chi connectivity index (χ1n) is 5.62. The minimum atomic E-state index is -0.444. The Hall–Kier alpha value is -2.82. The summed E-state index contributed by atoms with van der Waals surface area (Å²) in [7, 11) is 0. The molecule has 0 aliphatic carbocycles. The SMILES string of the molecule is O=C(/C=C/c1ccco1)NNC(=O)c1ccccc1. The molecule has 2 rings (SSSR count). The minimum absolute atomic E-state index is 0.375. The fourth-order valence-corrected chi connectivity index (χ4v) is 1.37. The molecule has 5 nitrogen and oxygen atoms in total. The zero-order chi connectivity index (χ0) is 13.5. The molecule has 19 heavy (non-hydrogen) atoms. The monoisotopic (exact) mass is 256 g/mol. The van der Waals surface area contributed by atoms with Gasteiger partial charge < -0.3 is 4.42 Å². The molecule has 0 fully saturated rings. The van der Waals surface area contributed by atoms with Crippen LogP contribution in [0.3, 0.4) is 0 Å². The highest BCUT2D eigenvalue weighted by Crippen LogP contribution is 2.01. The van der Waals surface area contributed by atoms with E-state index in [1.54, 1.807) is 36.4 Å². The molecule has 1 heterocycles. The molecule has 2 amide bonds. The minimum Gasteiger partial charge on any atom is -0.465 e. The topological polar surface area (TPSA) is 71.3 Å². The summed E-state index contributed by atoms with van der Waals surface area (Å²) in [5.74, 6) is -0.259. The van der Waals surface area contributed by atoms with Crippen molar-refractivity contribution in [3.05, 3.63) is 66.1 Å². The Kier molecular flexibility index (Phi) is 4.12. The van der Waals surface area contributed by atoms with Crippen molar-refractivity contribution in [1.29, 1.82) is 0 Å². The summed E-state index contributed by atoms with van der Waals surface area (Å²) in [5, 5.41) is 0. The van der Waals surface area contributed by atoms with Gasteiger partial charge in [0.2, 0.25) is 0 Å². The van der Waals surface area contributed by atoms with Gasteiger partial charge in [-0.25, -0.2) is 0 Å². The van der Waals surface area contributed by atoms with Gasteiger partial charge in [-0.1, -0.05) is 18.2 Å². The number of carbonyl (C=O) groups is 2. The number of amides is 2. The molecule has 0 atom stereocenters. The average Bonchev–Trinajstić information content (AvgIpc) is 2.96. The van der Waals surface area contributed by atoms with Gasteiger partial charge in [0.15, 0.2) is 0 Å². The quantitative estimate of drug-likeness (QED) is 0.649. The number of hydrazine groups is 1. The lowest BCUT2D eigenvalue weighted by molar-refractivity contribution is -0.117. The van der Waals surface area contributed by atoms with Crippen molar-refractivity contribution in [1.82, 2.24) is 10.9 Å². The van der Waals surface area contributed by atoms with Crippen LogP contribution in [0.25, 0.3) is 6.08 Å². The first kappa shape index (κ1) is 12.6. The second kappa shape index (κ2) is 6.20.